The van der Waals surface area contributed by atoms with Crippen LogP contribution in [0, 0.1) is 45.3 Å². The maximum absolute atomic E-state index is 13.2. The molecule has 5 rings (SSSR count). The minimum atomic E-state index is -1.15. The molecular weight excluding hydrogens is 426 g/mol. The van der Waals surface area contributed by atoms with Gasteiger partial charge in [0.1, 0.15) is 11.4 Å². The molecule has 0 bridgehead atoms. The Kier molecular flexibility index (Phi) is 4.69. The smallest absolute Gasteiger partial charge is 0.309 e. The molecule has 1 unspecified atom stereocenters. The average Bonchev–Trinajstić information content (AvgIpc) is 3.43. The maximum atomic E-state index is 13.2. The number of esters is 1. The van der Waals surface area contributed by atoms with Crippen molar-refractivity contribution in [2.24, 2.45) is 34.0 Å². The van der Waals surface area contributed by atoms with E-state index in [2.05, 4.69) is 13.0 Å². The molecule has 8 heteroatoms. The summed E-state index contributed by atoms with van der Waals surface area (Å²) in [5.74, 6) is -2.20. The molecule has 1 spiro atoms. The van der Waals surface area contributed by atoms with E-state index >= 15 is 0 Å². The Labute approximate surface area is 193 Å². The Bertz CT molecular complexity index is 974. The Hall–Kier alpha value is -1.98. The number of ketones is 1. The van der Waals surface area contributed by atoms with Crippen LogP contribution >= 0.6 is 0 Å². The summed E-state index contributed by atoms with van der Waals surface area (Å²) >= 11 is 0. The lowest BCUT2D eigenvalue weighted by molar-refractivity contribution is -0.191. The second kappa shape index (κ2) is 6.79. The Morgan fingerprint density at radius 3 is 2.64 bits per heavy atom. The fourth-order valence-corrected chi connectivity index (χ4v) is 9.00. The van der Waals surface area contributed by atoms with E-state index in [1.165, 1.54) is 7.11 Å². The fourth-order valence-electron chi connectivity index (χ4n) is 9.00. The fraction of sp³-hybridized carbons (Fsp3) is 0.840. The van der Waals surface area contributed by atoms with Crippen molar-refractivity contribution in [1.82, 2.24) is 0 Å². The Morgan fingerprint density at radius 2 is 2.00 bits per heavy atom. The highest BCUT2D eigenvalue weighted by atomic mass is 16.6. The van der Waals surface area contributed by atoms with Crippen LogP contribution in [0.5, 0.6) is 0 Å². The van der Waals surface area contributed by atoms with Crippen LogP contribution in [0.15, 0.2) is 0 Å². The summed E-state index contributed by atoms with van der Waals surface area (Å²) in [6.45, 7) is 4.09. The molecule has 180 valence electrons. The third kappa shape index (κ3) is 2.56. The molecule has 1 heterocycles. The second-order valence-corrected chi connectivity index (χ2v) is 11.7. The number of methoxy groups -OCH3 is 1. The van der Waals surface area contributed by atoms with Crippen LogP contribution < -0.4 is 0 Å². The Morgan fingerprint density at radius 1 is 1.27 bits per heavy atom. The van der Waals surface area contributed by atoms with Crippen LogP contribution in [-0.2, 0) is 23.9 Å². The van der Waals surface area contributed by atoms with Crippen molar-refractivity contribution in [3.05, 3.63) is 0 Å². The number of rotatable bonds is 4. The van der Waals surface area contributed by atoms with E-state index < -0.39 is 45.3 Å². The predicted molar refractivity (Wildman–Crippen MR) is 113 cm³/mol. The largest absolute Gasteiger partial charge is 0.481 e. The summed E-state index contributed by atoms with van der Waals surface area (Å²) in [7, 11) is 1.35. The third-order valence-corrected chi connectivity index (χ3v) is 10.8. The normalized spacial score (nSPS) is 51.9. The van der Waals surface area contributed by atoms with Gasteiger partial charge in [-0.15, -0.1) is 0 Å². The van der Waals surface area contributed by atoms with E-state index in [1.54, 1.807) is 0 Å². The molecule has 5 fully saturated rings. The number of aliphatic carboxylic acids is 1. The van der Waals surface area contributed by atoms with Crippen LogP contribution in [0.25, 0.3) is 0 Å². The highest BCUT2D eigenvalue weighted by Crippen LogP contribution is 2.80. The average molecular weight is 460 g/mol. The van der Waals surface area contributed by atoms with E-state index in [0.29, 0.717) is 32.1 Å². The van der Waals surface area contributed by atoms with Crippen molar-refractivity contribution >= 4 is 17.7 Å². The number of fused-ring (bicyclic) bond motifs is 3. The van der Waals surface area contributed by atoms with Gasteiger partial charge < -0.3 is 19.7 Å². The molecule has 9 atom stereocenters. The number of carbonyl (C=O) groups excluding carboxylic acids is 2. The summed E-state index contributed by atoms with van der Waals surface area (Å²) in [5, 5.41) is 31.3. The van der Waals surface area contributed by atoms with Gasteiger partial charge in [-0.1, -0.05) is 13.8 Å². The molecule has 1 aliphatic heterocycles. The monoisotopic (exact) mass is 459 g/mol. The van der Waals surface area contributed by atoms with Crippen molar-refractivity contribution in [2.45, 2.75) is 88.9 Å². The number of hydrogen-bond donors (Lipinski definition) is 2. The quantitative estimate of drug-likeness (QED) is 0.483. The first-order valence-electron chi connectivity index (χ1n) is 12.1. The predicted octanol–water partition coefficient (Wildman–Crippen LogP) is 2.62. The number of nitriles is 1. The van der Waals surface area contributed by atoms with Crippen molar-refractivity contribution in [1.29, 1.82) is 5.26 Å². The molecule has 1 saturated heterocycles. The summed E-state index contributed by atoms with van der Waals surface area (Å²) in [5.41, 5.74) is -4.02. The minimum absolute atomic E-state index is 0.0502. The summed E-state index contributed by atoms with van der Waals surface area (Å²) < 4.78 is 11.8. The van der Waals surface area contributed by atoms with E-state index in [1.807, 2.05) is 6.92 Å². The lowest BCUT2D eigenvalue weighted by Crippen LogP contribution is -2.68. The maximum Gasteiger partial charge on any atom is 0.309 e. The van der Waals surface area contributed by atoms with Crippen molar-refractivity contribution < 1.29 is 34.1 Å². The lowest BCUT2D eigenvalue weighted by Gasteiger charge is -2.63. The molecule has 0 aromatic heterocycles. The van der Waals surface area contributed by atoms with Crippen molar-refractivity contribution in [3.63, 3.8) is 0 Å². The van der Waals surface area contributed by atoms with Gasteiger partial charge in [0.05, 0.1) is 36.2 Å². The van der Waals surface area contributed by atoms with E-state index in [0.717, 1.165) is 0 Å². The zero-order valence-electron chi connectivity index (χ0n) is 19.6. The van der Waals surface area contributed by atoms with Crippen LogP contribution in [0.1, 0.15) is 71.6 Å². The molecule has 5 aliphatic rings. The molecule has 0 radical (unpaired) electrons. The number of epoxide rings is 1. The van der Waals surface area contributed by atoms with Gasteiger partial charge in [0.15, 0.2) is 0 Å². The SMILES string of the molecule is COC(=O)[C@@H]1C[C@@]2(C#N)CC(=O)CC[C@]2(C)C23O[C@@H]2C[C@@]2(C)[C@@H](CC[C@@]2(O)CCC(=O)O)[C@H]13. The highest BCUT2D eigenvalue weighted by molar-refractivity contribution is 5.82. The van der Waals surface area contributed by atoms with Gasteiger partial charge in [0.25, 0.3) is 0 Å². The molecule has 4 saturated carbocycles. The summed E-state index contributed by atoms with van der Waals surface area (Å²) in [6.07, 6.45) is 2.84. The Balaban J connectivity index is 1.62. The van der Waals surface area contributed by atoms with E-state index in [9.17, 15) is 29.9 Å². The number of aliphatic hydroxyl groups is 1. The van der Waals surface area contributed by atoms with Gasteiger partial charge in [-0.3, -0.25) is 14.4 Å². The zero-order chi connectivity index (χ0) is 24.0. The topological polar surface area (TPSA) is 137 Å². The van der Waals surface area contributed by atoms with Gasteiger partial charge in [-0.2, -0.15) is 5.26 Å². The number of carboxylic acids is 1. The molecule has 8 nitrogen and oxygen atoms in total. The molecule has 4 aliphatic carbocycles. The molecule has 0 aromatic rings. The van der Waals surface area contributed by atoms with Crippen LogP contribution in [-0.4, -0.2) is 52.4 Å². The number of Topliss-reactive ketones (excluding diaryl/α,β-unsaturated/α-hetero) is 1. The van der Waals surface area contributed by atoms with Crippen LogP contribution in [0.3, 0.4) is 0 Å². The first kappa shape index (κ1) is 22.8. The number of carbonyl (C=O) groups is 3. The summed E-state index contributed by atoms with van der Waals surface area (Å²) in [4.78, 5) is 36.9. The van der Waals surface area contributed by atoms with Gasteiger partial charge in [-0.05, 0) is 44.4 Å². The standard InChI is InChI=1S/C25H33NO7/c1-21-12-17-25(33-17)19(16(21)5-8-24(21,31)9-6-18(28)29)15(20(30)32-3)11-23(13-26)10-14(27)4-7-22(23,25)2/h15-17,19,31H,4-12H2,1-3H3,(H,28,29)/t15-,16+,17-,19+,21+,22+,23-,24-,25?/m1/s1. The van der Waals surface area contributed by atoms with Gasteiger partial charge in [-0.25, -0.2) is 0 Å². The molecule has 0 amide bonds. The van der Waals surface area contributed by atoms with Gasteiger partial charge in [0, 0.05) is 36.0 Å². The van der Waals surface area contributed by atoms with E-state index in [-0.39, 0.29) is 49.4 Å². The molecule has 0 aromatic carbocycles. The lowest BCUT2D eigenvalue weighted by atomic mass is 9.37. The zero-order valence-corrected chi connectivity index (χ0v) is 19.6. The van der Waals surface area contributed by atoms with Crippen LogP contribution in [0.2, 0.25) is 0 Å². The van der Waals surface area contributed by atoms with Crippen LogP contribution in [0.4, 0.5) is 0 Å². The van der Waals surface area contributed by atoms with Gasteiger partial charge in [0.2, 0.25) is 0 Å². The number of hydrogen-bond acceptors (Lipinski definition) is 7. The molecular formula is C25H33NO7. The minimum Gasteiger partial charge on any atom is -0.481 e. The number of carboxylic acid groups (broad SMARTS) is 1. The first-order chi connectivity index (χ1) is 15.4. The second-order valence-electron chi connectivity index (χ2n) is 11.7. The van der Waals surface area contributed by atoms with E-state index in [4.69, 9.17) is 9.47 Å². The summed E-state index contributed by atoms with van der Waals surface area (Å²) in [6, 6.07) is 2.48. The first-order valence-corrected chi connectivity index (χ1v) is 12.1. The molecule has 33 heavy (non-hydrogen) atoms. The van der Waals surface area contributed by atoms with Crippen molar-refractivity contribution in [2.75, 3.05) is 7.11 Å². The molecule has 2 N–H and O–H groups in total. The van der Waals surface area contributed by atoms with Gasteiger partial charge >= 0.3 is 11.9 Å². The third-order valence-electron chi connectivity index (χ3n) is 10.8. The number of ether oxygens (including phenoxy) is 2. The van der Waals surface area contributed by atoms with Crippen molar-refractivity contribution in [3.8, 4) is 6.07 Å². The number of nitrogens with zero attached hydrogens (tertiary/aromatic N) is 1. The highest BCUT2D eigenvalue weighted by Gasteiger charge is 2.86.